The zero-order valence-electron chi connectivity index (χ0n) is 11.2. The van der Waals surface area contributed by atoms with Crippen LogP contribution in [0.5, 0.6) is 0 Å². The summed E-state index contributed by atoms with van der Waals surface area (Å²) in [6, 6.07) is 0. The smallest absolute Gasteiger partial charge is 0.0620 e. The van der Waals surface area contributed by atoms with Gasteiger partial charge in [-0.15, -0.1) is 6.58 Å². The van der Waals surface area contributed by atoms with Crippen LogP contribution in [0.1, 0.15) is 47.0 Å². The highest BCUT2D eigenvalue weighted by molar-refractivity contribution is 5.12. The van der Waals surface area contributed by atoms with Crippen molar-refractivity contribution in [2.24, 2.45) is 17.3 Å². The lowest BCUT2D eigenvalue weighted by atomic mass is 9.60. The molecule has 1 fully saturated rings. The van der Waals surface area contributed by atoms with Gasteiger partial charge in [0.05, 0.1) is 5.60 Å². The molecule has 1 N–H and O–H groups in total. The van der Waals surface area contributed by atoms with Crippen molar-refractivity contribution in [3.63, 3.8) is 0 Å². The Kier molecular flexibility index (Phi) is 3.69. The van der Waals surface area contributed by atoms with Crippen molar-refractivity contribution < 1.29 is 5.11 Å². The van der Waals surface area contributed by atoms with E-state index in [0.717, 1.165) is 19.3 Å². The van der Waals surface area contributed by atoms with Gasteiger partial charge in [0.15, 0.2) is 0 Å². The van der Waals surface area contributed by atoms with Gasteiger partial charge >= 0.3 is 0 Å². The number of aliphatic hydroxyl groups is 1. The Morgan fingerprint density at radius 2 is 2.06 bits per heavy atom. The standard InChI is InChI=1S/C15H26O/c1-7-15(6)9-8-12(14(4,5)16)10-13(15)11(2)3/h7,12-13,16H,1-2,8-10H2,3-6H3/t12-,13?,15-/m1/s1. The predicted molar refractivity (Wildman–Crippen MR) is 70.2 cm³/mol. The molecule has 0 aromatic rings. The lowest BCUT2D eigenvalue weighted by Crippen LogP contribution is -2.41. The van der Waals surface area contributed by atoms with Crippen LogP contribution in [0.4, 0.5) is 0 Å². The summed E-state index contributed by atoms with van der Waals surface area (Å²) in [6.45, 7) is 16.3. The van der Waals surface area contributed by atoms with Crippen LogP contribution in [0.2, 0.25) is 0 Å². The summed E-state index contributed by atoms with van der Waals surface area (Å²) in [5.74, 6) is 0.831. The minimum absolute atomic E-state index is 0.160. The maximum atomic E-state index is 10.1. The van der Waals surface area contributed by atoms with Crippen LogP contribution in [0.3, 0.4) is 0 Å². The largest absolute Gasteiger partial charge is 0.390 e. The summed E-state index contributed by atoms with van der Waals surface area (Å²) >= 11 is 0. The molecule has 1 heteroatoms. The van der Waals surface area contributed by atoms with Crippen molar-refractivity contribution >= 4 is 0 Å². The zero-order chi connectivity index (χ0) is 12.6. The first kappa shape index (κ1) is 13.5. The Hall–Kier alpha value is -0.560. The third kappa shape index (κ3) is 2.57. The van der Waals surface area contributed by atoms with Gasteiger partial charge in [0.1, 0.15) is 0 Å². The lowest BCUT2D eigenvalue weighted by molar-refractivity contribution is -0.0244. The number of allylic oxidation sites excluding steroid dienone is 2. The van der Waals surface area contributed by atoms with E-state index in [4.69, 9.17) is 0 Å². The zero-order valence-corrected chi connectivity index (χ0v) is 11.2. The molecular formula is C15H26O. The highest BCUT2D eigenvalue weighted by atomic mass is 16.3. The normalized spacial score (nSPS) is 35.8. The molecule has 0 aromatic heterocycles. The second kappa shape index (κ2) is 4.37. The van der Waals surface area contributed by atoms with Gasteiger partial charge in [-0.3, -0.25) is 0 Å². The molecule has 0 radical (unpaired) electrons. The van der Waals surface area contributed by atoms with Crippen molar-refractivity contribution in [3.8, 4) is 0 Å². The molecule has 0 spiro atoms. The Bertz CT molecular complexity index is 284. The Morgan fingerprint density at radius 1 is 1.50 bits per heavy atom. The lowest BCUT2D eigenvalue weighted by Gasteiger charge is -2.46. The van der Waals surface area contributed by atoms with Gasteiger partial charge in [-0.2, -0.15) is 0 Å². The fraction of sp³-hybridized carbons (Fsp3) is 0.733. The number of rotatable bonds is 3. The highest BCUT2D eigenvalue weighted by Gasteiger charge is 2.42. The number of hydrogen-bond donors (Lipinski definition) is 1. The third-order valence-corrected chi connectivity index (χ3v) is 4.41. The second-order valence-corrected chi connectivity index (χ2v) is 6.23. The maximum Gasteiger partial charge on any atom is 0.0620 e. The SMILES string of the molecule is C=C[C@]1(C)CC[C@@H](C(C)(C)O)CC1C(=C)C. The van der Waals surface area contributed by atoms with Crippen LogP contribution in [-0.2, 0) is 0 Å². The molecule has 1 nitrogen and oxygen atoms in total. The molecule has 3 atom stereocenters. The molecule has 0 amide bonds. The molecule has 1 unspecified atom stereocenters. The van der Waals surface area contributed by atoms with E-state index in [1.54, 1.807) is 0 Å². The summed E-state index contributed by atoms with van der Waals surface area (Å²) in [5.41, 5.74) is 0.806. The molecule has 1 aliphatic rings. The fourth-order valence-electron chi connectivity index (χ4n) is 2.98. The van der Waals surface area contributed by atoms with E-state index in [1.165, 1.54) is 5.57 Å². The molecule has 1 aliphatic carbocycles. The Morgan fingerprint density at radius 3 is 2.44 bits per heavy atom. The van der Waals surface area contributed by atoms with Crippen LogP contribution >= 0.6 is 0 Å². The average molecular weight is 222 g/mol. The number of hydrogen-bond acceptors (Lipinski definition) is 1. The summed E-state index contributed by atoms with van der Waals surface area (Å²) in [5, 5.41) is 10.1. The molecule has 92 valence electrons. The van der Waals surface area contributed by atoms with Crippen LogP contribution in [0, 0.1) is 17.3 Å². The first-order valence-corrected chi connectivity index (χ1v) is 6.22. The van der Waals surface area contributed by atoms with E-state index < -0.39 is 5.60 Å². The van der Waals surface area contributed by atoms with E-state index in [9.17, 15) is 5.11 Å². The van der Waals surface area contributed by atoms with E-state index in [1.807, 2.05) is 13.8 Å². The van der Waals surface area contributed by atoms with Gasteiger partial charge in [0.2, 0.25) is 0 Å². The quantitative estimate of drug-likeness (QED) is 0.717. The minimum Gasteiger partial charge on any atom is -0.390 e. The van der Waals surface area contributed by atoms with Crippen LogP contribution < -0.4 is 0 Å². The van der Waals surface area contributed by atoms with Crippen molar-refractivity contribution in [1.29, 1.82) is 0 Å². The molecule has 1 saturated carbocycles. The first-order valence-electron chi connectivity index (χ1n) is 6.22. The minimum atomic E-state index is -0.573. The van der Waals surface area contributed by atoms with Gasteiger partial charge in [-0.1, -0.05) is 25.2 Å². The van der Waals surface area contributed by atoms with Crippen LogP contribution in [0.25, 0.3) is 0 Å². The summed E-state index contributed by atoms with van der Waals surface area (Å²) in [7, 11) is 0. The topological polar surface area (TPSA) is 20.2 Å². The summed E-state index contributed by atoms with van der Waals surface area (Å²) in [6.07, 6.45) is 5.28. The molecule has 0 saturated heterocycles. The average Bonchev–Trinajstić information content (AvgIpc) is 2.16. The van der Waals surface area contributed by atoms with Crippen LogP contribution in [0.15, 0.2) is 24.8 Å². The third-order valence-electron chi connectivity index (χ3n) is 4.41. The van der Waals surface area contributed by atoms with Crippen molar-refractivity contribution in [3.05, 3.63) is 24.8 Å². The van der Waals surface area contributed by atoms with E-state index >= 15 is 0 Å². The van der Waals surface area contributed by atoms with Crippen molar-refractivity contribution in [2.75, 3.05) is 0 Å². The van der Waals surface area contributed by atoms with Gasteiger partial charge in [-0.05, 0) is 57.3 Å². The predicted octanol–water partition coefficient (Wildman–Crippen LogP) is 3.94. The van der Waals surface area contributed by atoms with Gasteiger partial charge in [-0.25, -0.2) is 0 Å². The summed E-state index contributed by atoms with van der Waals surface area (Å²) in [4.78, 5) is 0. The Balaban J connectivity index is 2.90. The Labute approximate surface area is 100 Å². The molecular weight excluding hydrogens is 196 g/mol. The van der Waals surface area contributed by atoms with E-state index in [2.05, 4.69) is 33.1 Å². The van der Waals surface area contributed by atoms with E-state index in [0.29, 0.717) is 11.8 Å². The van der Waals surface area contributed by atoms with Crippen molar-refractivity contribution in [2.45, 2.75) is 52.6 Å². The first-order chi connectivity index (χ1) is 7.20. The van der Waals surface area contributed by atoms with E-state index in [-0.39, 0.29) is 5.41 Å². The highest BCUT2D eigenvalue weighted by Crippen LogP contribution is 2.49. The molecule has 0 aliphatic heterocycles. The maximum absolute atomic E-state index is 10.1. The fourth-order valence-corrected chi connectivity index (χ4v) is 2.98. The summed E-state index contributed by atoms with van der Waals surface area (Å²) < 4.78 is 0. The second-order valence-electron chi connectivity index (χ2n) is 6.23. The molecule has 16 heavy (non-hydrogen) atoms. The van der Waals surface area contributed by atoms with Gasteiger partial charge in [0.25, 0.3) is 0 Å². The molecule has 1 rings (SSSR count). The molecule has 0 bridgehead atoms. The molecule has 0 aromatic carbocycles. The van der Waals surface area contributed by atoms with Gasteiger partial charge < -0.3 is 5.11 Å². The van der Waals surface area contributed by atoms with Gasteiger partial charge in [0, 0.05) is 0 Å². The monoisotopic (exact) mass is 222 g/mol. The molecule has 0 heterocycles. The van der Waals surface area contributed by atoms with Crippen LogP contribution in [-0.4, -0.2) is 10.7 Å². The van der Waals surface area contributed by atoms with Crippen molar-refractivity contribution in [1.82, 2.24) is 0 Å².